The van der Waals surface area contributed by atoms with Crippen LogP contribution in [-0.2, 0) is 11.2 Å². The lowest BCUT2D eigenvalue weighted by atomic mass is 9.79. The molecule has 1 aliphatic carbocycles. The van der Waals surface area contributed by atoms with Gasteiger partial charge in [-0.2, -0.15) is 4.98 Å². The fraction of sp³-hybridized carbons (Fsp3) is 0.500. The van der Waals surface area contributed by atoms with E-state index in [2.05, 4.69) is 10.1 Å². The maximum atomic E-state index is 11.3. The molecule has 0 amide bonds. The number of rotatable bonds is 4. The lowest BCUT2D eigenvalue weighted by Crippen LogP contribution is -2.25. The molecule has 2 aromatic heterocycles. The number of nitrogens with zero attached hydrogens (tertiary/aromatic N) is 2. The van der Waals surface area contributed by atoms with E-state index in [-0.39, 0.29) is 5.92 Å². The third-order valence-electron chi connectivity index (χ3n) is 3.80. The normalized spacial score (nSPS) is 22.8. The molecule has 0 spiro atoms. The van der Waals surface area contributed by atoms with Crippen LogP contribution in [0.1, 0.15) is 48.2 Å². The molecule has 1 aliphatic rings. The Morgan fingerprint density at radius 3 is 3.05 bits per heavy atom. The Morgan fingerprint density at radius 2 is 2.30 bits per heavy atom. The average Bonchev–Trinajstić information content (AvgIpc) is 3.11. The molecule has 0 bridgehead atoms. The monoisotopic (exact) mass is 292 g/mol. The molecule has 20 heavy (non-hydrogen) atoms. The van der Waals surface area contributed by atoms with Gasteiger partial charge in [-0.15, -0.1) is 11.3 Å². The summed E-state index contributed by atoms with van der Waals surface area (Å²) < 4.78 is 5.31. The molecule has 1 saturated carbocycles. The molecule has 2 aromatic rings. The van der Waals surface area contributed by atoms with Crippen LogP contribution in [0.3, 0.4) is 0 Å². The Labute approximate surface area is 120 Å². The first-order valence-electron chi connectivity index (χ1n) is 6.81. The second kappa shape index (κ2) is 5.75. The molecule has 6 heteroatoms. The molecule has 0 saturated heterocycles. The molecule has 1 N–H and O–H groups in total. The molecule has 0 aliphatic heterocycles. The Balaban J connectivity index is 1.76. The van der Waals surface area contributed by atoms with E-state index in [1.807, 2.05) is 17.5 Å². The highest BCUT2D eigenvalue weighted by Crippen LogP contribution is 2.37. The van der Waals surface area contributed by atoms with E-state index in [1.54, 1.807) is 11.3 Å². The fourth-order valence-corrected chi connectivity index (χ4v) is 3.48. The number of carboxylic acids is 1. The van der Waals surface area contributed by atoms with Gasteiger partial charge in [-0.3, -0.25) is 4.79 Å². The van der Waals surface area contributed by atoms with E-state index < -0.39 is 11.9 Å². The van der Waals surface area contributed by atoms with Crippen LogP contribution in [0, 0.1) is 5.92 Å². The predicted molar refractivity (Wildman–Crippen MR) is 73.8 cm³/mol. The van der Waals surface area contributed by atoms with E-state index in [4.69, 9.17) is 4.52 Å². The lowest BCUT2D eigenvalue weighted by Gasteiger charge is -2.25. The first-order valence-corrected chi connectivity index (χ1v) is 7.69. The van der Waals surface area contributed by atoms with Crippen molar-refractivity contribution < 1.29 is 14.4 Å². The van der Waals surface area contributed by atoms with E-state index >= 15 is 0 Å². The van der Waals surface area contributed by atoms with Gasteiger partial charge in [0.05, 0.1) is 11.8 Å². The molecule has 2 unspecified atom stereocenters. The van der Waals surface area contributed by atoms with Crippen molar-refractivity contribution in [2.24, 2.45) is 5.92 Å². The van der Waals surface area contributed by atoms with Crippen LogP contribution in [-0.4, -0.2) is 21.2 Å². The van der Waals surface area contributed by atoms with Gasteiger partial charge < -0.3 is 9.63 Å². The standard InChI is InChI=1S/C14H16N2O3S/c17-14(18)11-6-2-1-5-10(11)13-15-12(16-19-13)8-9-4-3-7-20-9/h3-4,7,10-11H,1-2,5-6,8H2,(H,17,18). The quantitative estimate of drug-likeness (QED) is 0.937. The molecule has 3 rings (SSSR count). The van der Waals surface area contributed by atoms with Gasteiger partial charge in [-0.25, -0.2) is 0 Å². The summed E-state index contributed by atoms with van der Waals surface area (Å²) in [5.74, 6) is -0.154. The summed E-state index contributed by atoms with van der Waals surface area (Å²) in [7, 11) is 0. The fourth-order valence-electron chi connectivity index (χ4n) is 2.78. The Bertz CT molecular complexity index is 579. The Hall–Kier alpha value is -1.69. The summed E-state index contributed by atoms with van der Waals surface area (Å²) in [5.41, 5.74) is 0. The average molecular weight is 292 g/mol. The summed E-state index contributed by atoms with van der Waals surface area (Å²) in [4.78, 5) is 16.9. The van der Waals surface area contributed by atoms with Crippen molar-refractivity contribution in [2.45, 2.75) is 38.0 Å². The van der Waals surface area contributed by atoms with Crippen molar-refractivity contribution in [2.75, 3.05) is 0 Å². The first kappa shape index (κ1) is 13.3. The second-order valence-electron chi connectivity index (χ2n) is 5.14. The summed E-state index contributed by atoms with van der Waals surface area (Å²) in [6.07, 6.45) is 4.15. The highest BCUT2D eigenvalue weighted by atomic mass is 32.1. The number of aromatic nitrogens is 2. The van der Waals surface area contributed by atoms with Gasteiger partial charge in [0.1, 0.15) is 0 Å². The van der Waals surface area contributed by atoms with E-state index in [0.717, 1.165) is 19.3 Å². The van der Waals surface area contributed by atoms with Crippen molar-refractivity contribution in [1.82, 2.24) is 10.1 Å². The largest absolute Gasteiger partial charge is 0.481 e. The van der Waals surface area contributed by atoms with Crippen molar-refractivity contribution in [1.29, 1.82) is 0 Å². The molecule has 2 heterocycles. The SMILES string of the molecule is O=C(O)C1CCCCC1c1nc(Cc2cccs2)no1. The van der Waals surface area contributed by atoms with Gasteiger partial charge in [-0.1, -0.05) is 24.1 Å². The minimum Gasteiger partial charge on any atom is -0.481 e. The third kappa shape index (κ3) is 2.75. The maximum Gasteiger partial charge on any atom is 0.307 e. The van der Waals surface area contributed by atoms with Crippen LogP contribution in [0.2, 0.25) is 0 Å². The van der Waals surface area contributed by atoms with Gasteiger partial charge >= 0.3 is 5.97 Å². The highest BCUT2D eigenvalue weighted by molar-refractivity contribution is 7.09. The van der Waals surface area contributed by atoms with Crippen molar-refractivity contribution in [3.63, 3.8) is 0 Å². The van der Waals surface area contributed by atoms with Gasteiger partial charge in [-0.05, 0) is 24.3 Å². The van der Waals surface area contributed by atoms with Crippen molar-refractivity contribution in [3.8, 4) is 0 Å². The molecule has 5 nitrogen and oxygen atoms in total. The van der Waals surface area contributed by atoms with Gasteiger partial charge in [0, 0.05) is 11.3 Å². The number of aliphatic carboxylic acids is 1. The summed E-state index contributed by atoms with van der Waals surface area (Å²) in [5, 5.41) is 15.3. The summed E-state index contributed by atoms with van der Waals surface area (Å²) in [6, 6.07) is 4.02. The Kier molecular flexibility index (Phi) is 3.82. The molecule has 1 fully saturated rings. The van der Waals surface area contributed by atoms with E-state index in [9.17, 15) is 9.90 Å². The number of thiophene rings is 1. The Morgan fingerprint density at radius 1 is 1.45 bits per heavy atom. The first-order chi connectivity index (χ1) is 9.74. The van der Waals surface area contributed by atoms with Crippen LogP contribution < -0.4 is 0 Å². The topological polar surface area (TPSA) is 76.2 Å². The highest BCUT2D eigenvalue weighted by Gasteiger charge is 2.35. The second-order valence-corrected chi connectivity index (χ2v) is 6.17. The van der Waals surface area contributed by atoms with Crippen LogP contribution in [0.5, 0.6) is 0 Å². The van der Waals surface area contributed by atoms with Crippen LogP contribution in [0.25, 0.3) is 0 Å². The number of carboxylic acid groups (broad SMARTS) is 1. The number of hydrogen-bond acceptors (Lipinski definition) is 5. The van der Waals surface area contributed by atoms with Gasteiger partial charge in [0.2, 0.25) is 5.89 Å². The summed E-state index contributed by atoms with van der Waals surface area (Å²) >= 11 is 1.65. The van der Waals surface area contributed by atoms with Crippen molar-refractivity contribution in [3.05, 3.63) is 34.1 Å². The zero-order valence-corrected chi connectivity index (χ0v) is 11.8. The zero-order chi connectivity index (χ0) is 13.9. The maximum absolute atomic E-state index is 11.3. The van der Waals surface area contributed by atoms with Crippen LogP contribution >= 0.6 is 11.3 Å². The minimum absolute atomic E-state index is 0.133. The molecule has 0 aromatic carbocycles. The molecule has 2 atom stereocenters. The van der Waals surface area contributed by atoms with Gasteiger partial charge in [0.25, 0.3) is 0 Å². The number of carbonyl (C=O) groups is 1. The molecule has 0 radical (unpaired) electrons. The van der Waals surface area contributed by atoms with Gasteiger partial charge in [0.15, 0.2) is 5.82 Å². The lowest BCUT2D eigenvalue weighted by molar-refractivity contribution is -0.143. The van der Waals surface area contributed by atoms with Crippen molar-refractivity contribution >= 4 is 17.3 Å². The zero-order valence-electron chi connectivity index (χ0n) is 11.0. The minimum atomic E-state index is -0.757. The van der Waals surface area contributed by atoms with Crippen LogP contribution in [0.15, 0.2) is 22.0 Å². The molecular formula is C14H16N2O3S. The molecule has 106 valence electrons. The predicted octanol–water partition coefficient (Wildman–Crippen LogP) is 3.08. The summed E-state index contributed by atoms with van der Waals surface area (Å²) in [6.45, 7) is 0. The van der Waals surface area contributed by atoms with E-state index in [0.29, 0.717) is 24.6 Å². The van der Waals surface area contributed by atoms with E-state index in [1.165, 1.54) is 4.88 Å². The third-order valence-corrected chi connectivity index (χ3v) is 4.67. The van der Waals surface area contributed by atoms with Crippen LogP contribution in [0.4, 0.5) is 0 Å². The molecular weight excluding hydrogens is 276 g/mol. The smallest absolute Gasteiger partial charge is 0.307 e. The number of hydrogen-bond donors (Lipinski definition) is 1.